The molecular weight excluding hydrogens is 314 g/mol. The lowest BCUT2D eigenvalue weighted by atomic mass is 10.2. The second kappa shape index (κ2) is 8.67. The van der Waals surface area contributed by atoms with Crippen molar-refractivity contribution in [2.45, 2.75) is 25.8 Å². The fraction of sp³-hybridized carbons (Fsp3) is 0.474. The normalized spacial score (nSPS) is 16.6. The molecule has 0 bridgehead atoms. The number of piperazine rings is 1. The number of carbonyl (C=O) groups excluding carboxylic acids is 1. The number of hydrogen-bond acceptors (Lipinski definition) is 4. The number of amides is 1. The number of aromatic nitrogens is 2. The molecule has 1 amide bonds. The summed E-state index contributed by atoms with van der Waals surface area (Å²) in [5.41, 5.74) is 1.28. The number of benzene rings is 1. The van der Waals surface area contributed by atoms with Gasteiger partial charge in [-0.05, 0) is 18.6 Å². The van der Waals surface area contributed by atoms with Crippen molar-refractivity contribution in [2.75, 3.05) is 37.6 Å². The molecule has 0 spiro atoms. The standard InChI is InChI=1S/C19H27N5O/c1-2-17(19-20-9-10-21-19)22-18(25)8-11-23-12-14-24(15-13-23)16-6-4-3-5-7-16/h3-7,9-10,17H,2,8,11-15H2,1H3,(H,20,21)(H,22,25)/t17-/m0/s1. The number of nitrogens with zero attached hydrogens (tertiary/aromatic N) is 3. The van der Waals surface area contributed by atoms with Gasteiger partial charge >= 0.3 is 0 Å². The van der Waals surface area contributed by atoms with E-state index in [9.17, 15) is 4.79 Å². The van der Waals surface area contributed by atoms with Crippen LogP contribution in [0.2, 0.25) is 0 Å². The highest BCUT2D eigenvalue weighted by atomic mass is 16.1. The average Bonchev–Trinajstić information content (AvgIpc) is 3.20. The van der Waals surface area contributed by atoms with E-state index in [1.807, 2.05) is 6.07 Å². The van der Waals surface area contributed by atoms with Gasteiger partial charge in [0.05, 0.1) is 6.04 Å². The second-order valence-corrected chi connectivity index (χ2v) is 6.42. The largest absolute Gasteiger partial charge is 0.369 e. The van der Waals surface area contributed by atoms with Crippen molar-refractivity contribution >= 4 is 11.6 Å². The predicted molar refractivity (Wildman–Crippen MR) is 99.5 cm³/mol. The Morgan fingerprint density at radius 3 is 2.64 bits per heavy atom. The van der Waals surface area contributed by atoms with E-state index in [1.165, 1.54) is 5.69 Å². The van der Waals surface area contributed by atoms with Gasteiger partial charge in [-0.1, -0.05) is 25.1 Å². The van der Waals surface area contributed by atoms with E-state index in [0.29, 0.717) is 6.42 Å². The van der Waals surface area contributed by atoms with Crippen LogP contribution in [0.25, 0.3) is 0 Å². The maximum Gasteiger partial charge on any atom is 0.221 e. The summed E-state index contributed by atoms with van der Waals surface area (Å²) >= 11 is 0. The monoisotopic (exact) mass is 341 g/mol. The molecular formula is C19H27N5O. The van der Waals surface area contributed by atoms with Crippen molar-refractivity contribution in [3.63, 3.8) is 0 Å². The Morgan fingerprint density at radius 1 is 1.24 bits per heavy atom. The summed E-state index contributed by atoms with van der Waals surface area (Å²) in [7, 11) is 0. The number of nitrogens with one attached hydrogen (secondary N) is 2. The molecule has 1 fully saturated rings. The van der Waals surface area contributed by atoms with Crippen molar-refractivity contribution in [1.29, 1.82) is 0 Å². The van der Waals surface area contributed by atoms with Crippen molar-refractivity contribution < 1.29 is 4.79 Å². The number of imidazole rings is 1. The van der Waals surface area contributed by atoms with Gasteiger partial charge in [-0.2, -0.15) is 0 Å². The number of aromatic amines is 1. The minimum atomic E-state index is -0.0302. The van der Waals surface area contributed by atoms with E-state index in [4.69, 9.17) is 0 Å². The summed E-state index contributed by atoms with van der Waals surface area (Å²) < 4.78 is 0. The third-order valence-electron chi connectivity index (χ3n) is 4.74. The number of para-hydroxylation sites is 1. The summed E-state index contributed by atoms with van der Waals surface area (Å²) in [5.74, 6) is 0.918. The van der Waals surface area contributed by atoms with E-state index < -0.39 is 0 Å². The fourth-order valence-electron chi connectivity index (χ4n) is 3.23. The SMILES string of the molecule is CC[C@H](NC(=O)CCN1CCN(c2ccccc2)CC1)c1ncc[nH]1. The summed E-state index contributed by atoms with van der Waals surface area (Å²) in [6, 6.07) is 10.5. The summed E-state index contributed by atoms with van der Waals surface area (Å²) in [5, 5.41) is 3.07. The Morgan fingerprint density at radius 2 is 2.00 bits per heavy atom. The van der Waals surface area contributed by atoms with Gasteiger partial charge in [0, 0.05) is 57.2 Å². The first-order valence-corrected chi connectivity index (χ1v) is 9.07. The maximum absolute atomic E-state index is 12.2. The molecule has 1 saturated heterocycles. The van der Waals surface area contributed by atoms with Gasteiger partial charge in [-0.15, -0.1) is 0 Å². The van der Waals surface area contributed by atoms with E-state index in [1.54, 1.807) is 12.4 Å². The summed E-state index contributed by atoms with van der Waals surface area (Å²) in [6.45, 7) is 6.87. The first-order valence-electron chi connectivity index (χ1n) is 9.07. The van der Waals surface area contributed by atoms with Crippen LogP contribution in [0.4, 0.5) is 5.69 Å². The van der Waals surface area contributed by atoms with Gasteiger partial charge in [0.25, 0.3) is 0 Å². The van der Waals surface area contributed by atoms with Gasteiger partial charge in [-0.25, -0.2) is 4.98 Å². The van der Waals surface area contributed by atoms with Gasteiger partial charge in [0.1, 0.15) is 5.82 Å². The number of rotatable bonds is 7. The van der Waals surface area contributed by atoms with Crippen molar-refractivity contribution in [1.82, 2.24) is 20.2 Å². The van der Waals surface area contributed by atoms with Gasteiger partial charge in [-0.3, -0.25) is 9.69 Å². The molecule has 1 aromatic carbocycles. The van der Waals surface area contributed by atoms with Gasteiger partial charge in [0.2, 0.25) is 5.91 Å². The predicted octanol–water partition coefficient (Wildman–Crippen LogP) is 2.19. The van der Waals surface area contributed by atoms with Crippen molar-refractivity contribution in [3.05, 3.63) is 48.5 Å². The smallest absolute Gasteiger partial charge is 0.221 e. The molecule has 0 unspecified atom stereocenters. The van der Waals surface area contributed by atoms with E-state index in [-0.39, 0.29) is 11.9 Å². The van der Waals surface area contributed by atoms with Crippen LogP contribution in [0.1, 0.15) is 31.6 Å². The minimum Gasteiger partial charge on any atom is -0.369 e. The van der Waals surface area contributed by atoms with E-state index in [0.717, 1.165) is 45.0 Å². The molecule has 1 aromatic heterocycles. The molecule has 25 heavy (non-hydrogen) atoms. The van der Waals surface area contributed by atoms with Crippen LogP contribution in [0.5, 0.6) is 0 Å². The molecule has 6 nitrogen and oxygen atoms in total. The highest BCUT2D eigenvalue weighted by Gasteiger charge is 2.19. The highest BCUT2D eigenvalue weighted by molar-refractivity contribution is 5.76. The molecule has 0 radical (unpaired) electrons. The number of H-pyrrole nitrogens is 1. The molecule has 3 rings (SSSR count). The maximum atomic E-state index is 12.2. The first-order chi connectivity index (χ1) is 12.3. The third-order valence-corrected chi connectivity index (χ3v) is 4.74. The summed E-state index contributed by atoms with van der Waals surface area (Å²) in [6.07, 6.45) is 4.87. The van der Waals surface area contributed by atoms with Crippen molar-refractivity contribution in [3.8, 4) is 0 Å². The quantitative estimate of drug-likeness (QED) is 0.810. The van der Waals surface area contributed by atoms with Crippen LogP contribution < -0.4 is 10.2 Å². The lowest BCUT2D eigenvalue weighted by Gasteiger charge is -2.36. The number of carbonyl (C=O) groups is 1. The Balaban J connectivity index is 1.40. The third kappa shape index (κ3) is 4.82. The fourth-order valence-corrected chi connectivity index (χ4v) is 3.23. The molecule has 1 aliphatic heterocycles. The Labute approximate surface area is 149 Å². The minimum absolute atomic E-state index is 0.0302. The zero-order valence-corrected chi connectivity index (χ0v) is 14.8. The van der Waals surface area contributed by atoms with E-state index in [2.05, 4.69) is 56.3 Å². The van der Waals surface area contributed by atoms with Crippen molar-refractivity contribution in [2.24, 2.45) is 0 Å². The zero-order chi connectivity index (χ0) is 17.5. The lowest BCUT2D eigenvalue weighted by molar-refractivity contribution is -0.122. The van der Waals surface area contributed by atoms with Gasteiger partial charge in [0.15, 0.2) is 0 Å². The summed E-state index contributed by atoms with van der Waals surface area (Å²) in [4.78, 5) is 24.3. The van der Waals surface area contributed by atoms with Gasteiger partial charge < -0.3 is 15.2 Å². The van der Waals surface area contributed by atoms with Crippen LogP contribution in [-0.2, 0) is 4.79 Å². The number of hydrogen-bond donors (Lipinski definition) is 2. The molecule has 0 saturated carbocycles. The number of anilines is 1. The highest BCUT2D eigenvalue weighted by Crippen LogP contribution is 2.16. The molecule has 2 aromatic rings. The Kier molecular flexibility index (Phi) is 6.06. The first kappa shape index (κ1) is 17.5. The van der Waals surface area contributed by atoms with Crippen LogP contribution in [0, 0.1) is 0 Å². The molecule has 134 valence electrons. The molecule has 6 heteroatoms. The van der Waals surface area contributed by atoms with Crippen LogP contribution in [0.3, 0.4) is 0 Å². The molecule has 2 heterocycles. The molecule has 0 aliphatic carbocycles. The van der Waals surface area contributed by atoms with Crippen LogP contribution in [-0.4, -0.2) is 53.5 Å². The average molecular weight is 341 g/mol. The van der Waals surface area contributed by atoms with Crippen LogP contribution >= 0.6 is 0 Å². The van der Waals surface area contributed by atoms with E-state index >= 15 is 0 Å². The molecule has 2 N–H and O–H groups in total. The van der Waals surface area contributed by atoms with Crippen LogP contribution in [0.15, 0.2) is 42.7 Å². The molecule has 1 aliphatic rings. The lowest BCUT2D eigenvalue weighted by Crippen LogP contribution is -2.47. The zero-order valence-electron chi connectivity index (χ0n) is 14.8. The Hall–Kier alpha value is -2.34. The Bertz CT molecular complexity index is 635. The second-order valence-electron chi connectivity index (χ2n) is 6.42. The molecule has 1 atom stereocenters. The topological polar surface area (TPSA) is 64.3 Å².